The van der Waals surface area contributed by atoms with Crippen LogP contribution in [-0.2, 0) is 11.3 Å². The normalized spacial score (nSPS) is 21.3. The summed E-state index contributed by atoms with van der Waals surface area (Å²) in [7, 11) is 0. The number of Topliss-reactive ketones (excluding diaryl/α,β-unsaturated/α-hetero) is 1. The quantitative estimate of drug-likeness (QED) is 0.763. The zero-order valence-electron chi connectivity index (χ0n) is 10.9. The Bertz CT molecular complexity index is 414. The van der Waals surface area contributed by atoms with Crippen LogP contribution in [0.15, 0.2) is 35.3 Å². The Hall–Kier alpha value is -1.48. The topological polar surface area (TPSA) is 32.7 Å². The van der Waals surface area contributed by atoms with E-state index in [0.29, 0.717) is 0 Å². The number of aliphatic imine (C=N–C) groups is 1. The van der Waals surface area contributed by atoms with Gasteiger partial charge in [0.05, 0.1) is 6.21 Å². The van der Waals surface area contributed by atoms with Crippen LogP contribution >= 0.6 is 0 Å². The average molecular weight is 244 g/mol. The smallest absolute Gasteiger partial charge is 0.170 e. The van der Waals surface area contributed by atoms with E-state index in [1.807, 2.05) is 6.07 Å². The molecule has 1 fully saturated rings. The molecule has 96 valence electrons. The summed E-state index contributed by atoms with van der Waals surface area (Å²) in [5, 5.41) is 0. The Kier molecular flexibility index (Phi) is 4.65. The lowest BCUT2D eigenvalue weighted by Gasteiger charge is -2.33. The van der Waals surface area contributed by atoms with E-state index in [1.54, 1.807) is 6.92 Å². The van der Waals surface area contributed by atoms with Crippen molar-refractivity contribution in [3.05, 3.63) is 35.9 Å². The zero-order chi connectivity index (χ0) is 12.8. The molecule has 0 N–H and O–H groups in total. The number of ketones is 1. The minimum atomic E-state index is 0.0280. The molecular formula is C15H20N2O. The summed E-state index contributed by atoms with van der Waals surface area (Å²) in [6, 6.07) is 10.4. The van der Waals surface area contributed by atoms with Crippen LogP contribution in [0.1, 0.15) is 31.7 Å². The van der Waals surface area contributed by atoms with Gasteiger partial charge in [0.2, 0.25) is 0 Å². The maximum absolute atomic E-state index is 11.0. The molecule has 0 radical (unpaired) electrons. The standard InChI is InChI=1S/C15H20N2O/c1-13(18)11-16-15-9-5-6-10-17(15)12-14-7-3-2-4-8-14/h2-4,7-8,11,15H,5-6,9-10,12H2,1H3. The number of hydrogen-bond acceptors (Lipinski definition) is 3. The Balaban J connectivity index is 2.01. The molecular weight excluding hydrogens is 224 g/mol. The maximum atomic E-state index is 11.0. The van der Waals surface area contributed by atoms with Gasteiger partial charge in [-0.25, -0.2) is 0 Å². The first-order chi connectivity index (χ1) is 8.75. The highest BCUT2D eigenvalue weighted by atomic mass is 16.1. The lowest BCUT2D eigenvalue weighted by molar-refractivity contribution is -0.110. The van der Waals surface area contributed by atoms with Gasteiger partial charge in [-0.3, -0.25) is 14.7 Å². The number of nitrogens with zero attached hydrogens (tertiary/aromatic N) is 2. The summed E-state index contributed by atoms with van der Waals surface area (Å²) in [5.74, 6) is 0.0280. The average Bonchev–Trinajstić information content (AvgIpc) is 2.39. The van der Waals surface area contributed by atoms with Gasteiger partial charge in [0.1, 0.15) is 6.17 Å². The Morgan fingerprint density at radius 1 is 1.39 bits per heavy atom. The van der Waals surface area contributed by atoms with Crippen LogP contribution in [0.5, 0.6) is 0 Å². The van der Waals surface area contributed by atoms with Gasteiger partial charge in [-0.2, -0.15) is 0 Å². The van der Waals surface area contributed by atoms with Crippen LogP contribution in [-0.4, -0.2) is 29.6 Å². The van der Waals surface area contributed by atoms with E-state index in [9.17, 15) is 4.79 Å². The highest BCUT2D eigenvalue weighted by molar-refractivity contribution is 6.26. The maximum Gasteiger partial charge on any atom is 0.170 e. The molecule has 18 heavy (non-hydrogen) atoms. The SMILES string of the molecule is CC(=O)C=NC1CCCCN1Cc1ccccc1. The first kappa shape index (κ1) is 13.0. The molecule has 1 aliphatic heterocycles. The van der Waals surface area contributed by atoms with Crippen molar-refractivity contribution in [2.45, 2.75) is 38.9 Å². The van der Waals surface area contributed by atoms with Crippen molar-refractivity contribution in [3.8, 4) is 0 Å². The largest absolute Gasteiger partial charge is 0.293 e. The molecule has 0 aromatic heterocycles. The molecule has 1 heterocycles. The highest BCUT2D eigenvalue weighted by Crippen LogP contribution is 2.20. The second-order valence-corrected chi connectivity index (χ2v) is 4.82. The van der Waals surface area contributed by atoms with E-state index in [0.717, 1.165) is 19.5 Å². The fraction of sp³-hybridized carbons (Fsp3) is 0.467. The van der Waals surface area contributed by atoms with Gasteiger partial charge in [0.15, 0.2) is 5.78 Å². The molecule has 3 heteroatoms. The van der Waals surface area contributed by atoms with Gasteiger partial charge < -0.3 is 0 Å². The molecule has 0 amide bonds. The minimum Gasteiger partial charge on any atom is -0.293 e. The van der Waals surface area contributed by atoms with Gasteiger partial charge in [0.25, 0.3) is 0 Å². The zero-order valence-corrected chi connectivity index (χ0v) is 10.9. The third-order valence-corrected chi connectivity index (χ3v) is 3.24. The first-order valence-electron chi connectivity index (χ1n) is 6.57. The van der Waals surface area contributed by atoms with Crippen LogP contribution in [0.3, 0.4) is 0 Å². The summed E-state index contributed by atoms with van der Waals surface area (Å²) in [6.07, 6.45) is 5.11. The second-order valence-electron chi connectivity index (χ2n) is 4.82. The monoisotopic (exact) mass is 244 g/mol. The molecule has 0 saturated carbocycles. The third kappa shape index (κ3) is 3.77. The molecule has 0 bridgehead atoms. The summed E-state index contributed by atoms with van der Waals surface area (Å²) >= 11 is 0. The van der Waals surface area contributed by atoms with Crippen molar-refractivity contribution >= 4 is 12.0 Å². The lowest BCUT2D eigenvalue weighted by Crippen LogP contribution is -2.37. The third-order valence-electron chi connectivity index (χ3n) is 3.24. The molecule has 1 aromatic rings. The van der Waals surface area contributed by atoms with E-state index < -0.39 is 0 Å². The van der Waals surface area contributed by atoms with Crippen molar-refractivity contribution in [2.24, 2.45) is 4.99 Å². The fourth-order valence-corrected chi connectivity index (χ4v) is 2.34. The van der Waals surface area contributed by atoms with E-state index in [2.05, 4.69) is 34.2 Å². The van der Waals surface area contributed by atoms with Crippen LogP contribution in [0.2, 0.25) is 0 Å². The Morgan fingerprint density at radius 3 is 2.89 bits per heavy atom. The van der Waals surface area contributed by atoms with Gasteiger partial charge in [-0.1, -0.05) is 30.3 Å². The Morgan fingerprint density at radius 2 is 2.17 bits per heavy atom. The number of hydrogen-bond donors (Lipinski definition) is 0. The van der Waals surface area contributed by atoms with E-state index in [-0.39, 0.29) is 11.9 Å². The van der Waals surface area contributed by atoms with E-state index >= 15 is 0 Å². The van der Waals surface area contributed by atoms with Crippen molar-refractivity contribution < 1.29 is 4.79 Å². The molecule has 1 saturated heterocycles. The molecule has 3 nitrogen and oxygen atoms in total. The molecule has 1 aliphatic rings. The molecule has 1 aromatic carbocycles. The van der Waals surface area contributed by atoms with Crippen LogP contribution < -0.4 is 0 Å². The summed E-state index contributed by atoms with van der Waals surface area (Å²) in [6.45, 7) is 3.53. The number of benzene rings is 1. The van der Waals surface area contributed by atoms with Gasteiger partial charge >= 0.3 is 0 Å². The van der Waals surface area contributed by atoms with Crippen molar-refractivity contribution in [3.63, 3.8) is 0 Å². The fourth-order valence-electron chi connectivity index (χ4n) is 2.34. The molecule has 2 rings (SSSR count). The molecule has 1 atom stereocenters. The van der Waals surface area contributed by atoms with Crippen LogP contribution in [0.4, 0.5) is 0 Å². The van der Waals surface area contributed by atoms with Gasteiger partial charge in [-0.15, -0.1) is 0 Å². The number of carbonyl (C=O) groups excluding carboxylic acids is 1. The Labute approximate surface area is 109 Å². The molecule has 1 unspecified atom stereocenters. The predicted molar refractivity (Wildman–Crippen MR) is 73.7 cm³/mol. The molecule has 0 spiro atoms. The predicted octanol–water partition coefficient (Wildman–Crippen LogP) is 2.66. The lowest BCUT2D eigenvalue weighted by atomic mass is 10.1. The highest BCUT2D eigenvalue weighted by Gasteiger charge is 2.21. The first-order valence-corrected chi connectivity index (χ1v) is 6.57. The summed E-state index contributed by atoms with van der Waals surface area (Å²) < 4.78 is 0. The van der Waals surface area contributed by atoms with Gasteiger partial charge in [0, 0.05) is 20.0 Å². The van der Waals surface area contributed by atoms with Gasteiger partial charge in [-0.05, 0) is 24.8 Å². The van der Waals surface area contributed by atoms with E-state index in [1.165, 1.54) is 24.6 Å². The van der Waals surface area contributed by atoms with Crippen molar-refractivity contribution in [1.82, 2.24) is 4.90 Å². The van der Waals surface area contributed by atoms with Crippen LogP contribution in [0.25, 0.3) is 0 Å². The second kappa shape index (κ2) is 6.45. The number of likely N-dealkylation sites (tertiary alicyclic amines) is 1. The van der Waals surface area contributed by atoms with E-state index in [4.69, 9.17) is 0 Å². The minimum absolute atomic E-state index is 0.0280. The van der Waals surface area contributed by atoms with Crippen LogP contribution in [0, 0.1) is 0 Å². The number of rotatable bonds is 4. The summed E-state index contributed by atoms with van der Waals surface area (Å²) in [5.41, 5.74) is 1.31. The number of piperidine rings is 1. The molecule has 0 aliphatic carbocycles. The van der Waals surface area contributed by atoms with Crippen molar-refractivity contribution in [1.29, 1.82) is 0 Å². The van der Waals surface area contributed by atoms with Crippen molar-refractivity contribution in [2.75, 3.05) is 6.54 Å². The number of carbonyl (C=O) groups is 1. The summed E-state index contributed by atoms with van der Waals surface area (Å²) in [4.78, 5) is 17.8.